The van der Waals surface area contributed by atoms with Gasteiger partial charge in [0.1, 0.15) is 0 Å². The topological polar surface area (TPSA) is 18.5 Å². The maximum atomic E-state index is 5.61. The third kappa shape index (κ3) is 1.74. The van der Waals surface area contributed by atoms with Crippen molar-refractivity contribution >= 4 is 0 Å². The summed E-state index contributed by atoms with van der Waals surface area (Å²) in [6.07, 6.45) is 0.100. The van der Waals surface area contributed by atoms with E-state index in [1.54, 1.807) is 0 Å². The van der Waals surface area contributed by atoms with Gasteiger partial charge in [0, 0.05) is 5.56 Å². The molecule has 0 spiro atoms. The van der Waals surface area contributed by atoms with Crippen LogP contribution in [0, 0.1) is 6.07 Å². The molecular weight excluding hydrogens is 164 g/mol. The van der Waals surface area contributed by atoms with Crippen molar-refractivity contribution in [3.8, 4) is 0 Å². The zero-order valence-electron chi connectivity index (χ0n) is 7.86. The van der Waals surface area contributed by atoms with Gasteiger partial charge in [0.15, 0.2) is 6.29 Å². The van der Waals surface area contributed by atoms with Crippen LogP contribution in [-0.4, -0.2) is 12.2 Å². The summed E-state index contributed by atoms with van der Waals surface area (Å²) in [6, 6.07) is 10.8. The van der Waals surface area contributed by atoms with E-state index in [2.05, 4.69) is 6.07 Å². The van der Waals surface area contributed by atoms with Crippen LogP contribution >= 0.6 is 0 Å². The van der Waals surface area contributed by atoms with E-state index in [-0.39, 0.29) is 18.5 Å². The molecule has 1 radical (unpaired) electrons. The zero-order valence-corrected chi connectivity index (χ0v) is 7.86. The molecule has 0 aliphatic carbocycles. The Morgan fingerprint density at radius 3 is 2.38 bits per heavy atom. The Hall–Kier alpha value is -0.860. The summed E-state index contributed by atoms with van der Waals surface area (Å²) in [5.41, 5.74) is 0.971. The number of rotatable bonds is 1. The Morgan fingerprint density at radius 2 is 1.85 bits per heavy atom. The first-order chi connectivity index (χ1) is 6.27. The number of hydrogen-bond acceptors (Lipinski definition) is 2. The summed E-state index contributed by atoms with van der Waals surface area (Å²) in [5, 5.41) is 0. The van der Waals surface area contributed by atoms with E-state index in [1.165, 1.54) is 0 Å². The van der Waals surface area contributed by atoms with Crippen molar-refractivity contribution in [2.45, 2.75) is 32.3 Å². The third-order valence-electron chi connectivity index (χ3n) is 2.32. The van der Waals surface area contributed by atoms with Gasteiger partial charge in [-0.3, -0.25) is 0 Å². The first kappa shape index (κ1) is 8.73. The van der Waals surface area contributed by atoms with Crippen LogP contribution in [0.1, 0.15) is 25.7 Å². The monoisotopic (exact) mass is 177 g/mol. The Kier molecular flexibility index (Phi) is 2.34. The van der Waals surface area contributed by atoms with E-state index in [4.69, 9.17) is 9.47 Å². The van der Waals surface area contributed by atoms with Crippen molar-refractivity contribution in [1.29, 1.82) is 0 Å². The van der Waals surface area contributed by atoms with Crippen LogP contribution in [0.15, 0.2) is 24.3 Å². The predicted octanol–water partition coefficient (Wildman–Crippen LogP) is 2.31. The molecule has 1 heterocycles. The SMILES string of the molecule is CC1OC(c2[c]cccc2)OC1C. The van der Waals surface area contributed by atoms with Gasteiger partial charge in [0.2, 0.25) is 0 Å². The van der Waals surface area contributed by atoms with Crippen molar-refractivity contribution in [1.82, 2.24) is 0 Å². The number of benzene rings is 1. The van der Waals surface area contributed by atoms with Crippen molar-refractivity contribution in [2.24, 2.45) is 0 Å². The average Bonchev–Trinajstić information content (AvgIpc) is 2.49. The van der Waals surface area contributed by atoms with Gasteiger partial charge in [0.25, 0.3) is 0 Å². The van der Waals surface area contributed by atoms with Crippen molar-refractivity contribution in [2.75, 3.05) is 0 Å². The fraction of sp³-hybridized carbons (Fsp3) is 0.455. The molecule has 1 aromatic carbocycles. The van der Waals surface area contributed by atoms with Gasteiger partial charge >= 0.3 is 0 Å². The molecule has 0 N–H and O–H groups in total. The summed E-state index contributed by atoms with van der Waals surface area (Å²) in [4.78, 5) is 0. The second-order valence-corrected chi connectivity index (χ2v) is 3.33. The molecule has 2 nitrogen and oxygen atoms in total. The normalized spacial score (nSPS) is 33.5. The lowest BCUT2D eigenvalue weighted by Crippen LogP contribution is -2.13. The molecule has 0 saturated carbocycles. The highest BCUT2D eigenvalue weighted by atomic mass is 16.7. The molecular formula is C11H13O2. The summed E-state index contributed by atoms with van der Waals surface area (Å²) in [7, 11) is 0. The van der Waals surface area contributed by atoms with Gasteiger partial charge in [0.05, 0.1) is 12.2 Å². The molecule has 2 unspecified atom stereocenters. The highest BCUT2D eigenvalue weighted by Crippen LogP contribution is 2.30. The van der Waals surface area contributed by atoms with Crippen LogP contribution in [0.5, 0.6) is 0 Å². The molecule has 1 aromatic rings. The van der Waals surface area contributed by atoms with E-state index < -0.39 is 0 Å². The minimum absolute atomic E-state index is 0.165. The highest BCUT2D eigenvalue weighted by molar-refractivity contribution is 5.15. The minimum atomic E-state index is -0.230. The molecule has 2 atom stereocenters. The van der Waals surface area contributed by atoms with Crippen LogP contribution in [0.3, 0.4) is 0 Å². The molecule has 0 amide bonds. The number of hydrogen-bond donors (Lipinski definition) is 0. The average molecular weight is 177 g/mol. The molecule has 2 heteroatoms. The lowest BCUT2D eigenvalue weighted by atomic mass is 10.2. The second kappa shape index (κ2) is 3.48. The molecule has 1 fully saturated rings. The summed E-state index contributed by atoms with van der Waals surface area (Å²) >= 11 is 0. The Morgan fingerprint density at radius 1 is 1.15 bits per heavy atom. The standard InChI is InChI=1S/C11H13O2/c1-8-9(2)13-11(12-8)10-6-4-3-5-7-10/h3-6,8-9,11H,1-2H3. The van der Waals surface area contributed by atoms with Gasteiger partial charge in [-0.1, -0.05) is 24.3 Å². The van der Waals surface area contributed by atoms with Crippen LogP contribution in [-0.2, 0) is 9.47 Å². The van der Waals surface area contributed by atoms with Gasteiger partial charge < -0.3 is 9.47 Å². The summed E-state index contributed by atoms with van der Waals surface area (Å²) in [5.74, 6) is 0. The predicted molar refractivity (Wildman–Crippen MR) is 49.1 cm³/mol. The smallest absolute Gasteiger partial charge is 0.185 e. The maximum absolute atomic E-state index is 5.61. The first-order valence-electron chi connectivity index (χ1n) is 4.55. The fourth-order valence-corrected chi connectivity index (χ4v) is 1.34. The van der Waals surface area contributed by atoms with Crippen molar-refractivity contribution in [3.63, 3.8) is 0 Å². The van der Waals surface area contributed by atoms with Crippen LogP contribution in [0.2, 0.25) is 0 Å². The minimum Gasteiger partial charge on any atom is -0.343 e. The van der Waals surface area contributed by atoms with E-state index in [1.807, 2.05) is 38.1 Å². The Bertz CT molecular complexity index is 261. The molecule has 13 heavy (non-hydrogen) atoms. The van der Waals surface area contributed by atoms with Crippen molar-refractivity contribution < 1.29 is 9.47 Å². The van der Waals surface area contributed by atoms with Crippen LogP contribution in [0.25, 0.3) is 0 Å². The van der Waals surface area contributed by atoms with E-state index in [0.717, 1.165) is 5.56 Å². The van der Waals surface area contributed by atoms with E-state index in [0.29, 0.717) is 0 Å². The quantitative estimate of drug-likeness (QED) is 0.655. The highest BCUT2D eigenvalue weighted by Gasteiger charge is 2.30. The Balaban J connectivity index is 2.12. The summed E-state index contributed by atoms with van der Waals surface area (Å²) < 4.78 is 11.2. The molecule has 69 valence electrons. The van der Waals surface area contributed by atoms with E-state index in [9.17, 15) is 0 Å². The van der Waals surface area contributed by atoms with Gasteiger partial charge in [-0.25, -0.2) is 0 Å². The van der Waals surface area contributed by atoms with Crippen LogP contribution < -0.4 is 0 Å². The zero-order chi connectivity index (χ0) is 9.26. The fourth-order valence-electron chi connectivity index (χ4n) is 1.34. The van der Waals surface area contributed by atoms with Gasteiger partial charge in [-0.2, -0.15) is 0 Å². The molecule has 1 aliphatic rings. The first-order valence-corrected chi connectivity index (χ1v) is 4.55. The molecule has 1 saturated heterocycles. The molecule has 0 bridgehead atoms. The number of ether oxygens (including phenoxy) is 2. The largest absolute Gasteiger partial charge is 0.343 e. The second-order valence-electron chi connectivity index (χ2n) is 3.33. The molecule has 2 rings (SSSR count). The lowest BCUT2D eigenvalue weighted by Gasteiger charge is -2.08. The maximum Gasteiger partial charge on any atom is 0.185 e. The lowest BCUT2D eigenvalue weighted by molar-refractivity contribution is -0.0654. The van der Waals surface area contributed by atoms with Crippen LogP contribution in [0.4, 0.5) is 0 Å². The molecule has 1 aliphatic heterocycles. The Labute approximate surface area is 78.5 Å². The van der Waals surface area contributed by atoms with Gasteiger partial charge in [-0.15, -0.1) is 0 Å². The third-order valence-corrected chi connectivity index (χ3v) is 2.32. The molecule has 0 aromatic heterocycles. The van der Waals surface area contributed by atoms with Gasteiger partial charge in [-0.05, 0) is 19.9 Å². The van der Waals surface area contributed by atoms with Crippen molar-refractivity contribution in [3.05, 3.63) is 35.9 Å². The summed E-state index contributed by atoms with van der Waals surface area (Å²) in [6.45, 7) is 4.04. The van der Waals surface area contributed by atoms with E-state index >= 15 is 0 Å².